The Labute approximate surface area is 130 Å². The third kappa shape index (κ3) is 8.02. The molecule has 1 fully saturated rings. The summed E-state index contributed by atoms with van der Waals surface area (Å²) in [4.78, 5) is 22.7. The Morgan fingerprint density at radius 3 is 2.19 bits per heavy atom. The maximum absolute atomic E-state index is 11.9. The van der Waals surface area contributed by atoms with Crippen LogP contribution in [0.25, 0.3) is 0 Å². The quantitative estimate of drug-likeness (QED) is 0.660. The van der Waals surface area contributed by atoms with Crippen LogP contribution < -0.4 is 16.0 Å². The minimum absolute atomic E-state index is 0. The van der Waals surface area contributed by atoms with Gasteiger partial charge < -0.3 is 21.4 Å². The molecule has 6 nitrogen and oxygen atoms in total. The van der Waals surface area contributed by atoms with Gasteiger partial charge in [-0.15, -0.1) is 0 Å². The molecule has 0 aromatic heterocycles. The van der Waals surface area contributed by atoms with Crippen LogP contribution in [0.2, 0.25) is 0 Å². The molecule has 0 bridgehead atoms. The first-order chi connectivity index (χ1) is 9.10. The van der Waals surface area contributed by atoms with Crippen LogP contribution in [0, 0.1) is 0 Å². The van der Waals surface area contributed by atoms with Crippen LogP contribution in [0.1, 0.15) is 63.2 Å². The Kier molecular flexibility index (Phi) is 7.33. The lowest BCUT2D eigenvalue weighted by atomic mass is 9.79. The van der Waals surface area contributed by atoms with Gasteiger partial charge in [0.25, 0.3) is 0 Å². The summed E-state index contributed by atoms with van der Waals surface area (Å²) in [6.45, 7) is 10.7. The van der Waals surface area contributed by atoms with Gasteiger partial charge in [-0.2, -0.15) is 0 Å². The molecule has 1 saturated heterocycles. The molecule has 1 aliphatic heterocycles. The molecular formula is C15H35N3O3. The molecular weight excluding hydrogens is 270 g/mol. The minimum Gasteiger partial charge on any atom is -0.412 e. The van der Waals surface area contributed by atoms with Crippen LogP contribution in [0.5, 0.6) is 0 Å². The number of hydrogen-bond acceptors (Lipinski definition) is 3. The third-order valence-corrected chi connectivity index (χ3v) is 3.51. The summed E-state index contributed by atoms with van der Waals surface area (Å²) in [5.41, 5.74) is 0.0752. The Hall–Kier alpha value is -1.14. The van der Waals surface area contributed by atoms with E-state index in [1.54, 1.807) is 0 Å². The molecule has 1 rings (SSSR count). The van der Waals surface area contributed by atoms with Crippen LogP contribution in [0.4, 0.5) is 0 Å². The van der Waals surface area contributed by atoms with Gasteiger partial charge in [0.2, 0.25) is 11.8 Å². The van der Waals surface area contributed by atoms with Gasteiger partial charge in [0, 0.05) is 39.9 Å². The zero-order valence-corrected chi connectivity index (χ0v) is 13.9. The summed E-state index contributed by atoms with van der Waals surface area (Å²) >= 11 is 0. The van der Waals surface area contributed by atoms with E-state index in [0.717, 1.165) is 12.8 Å². The van der Waals surface area contributed by atoms with Crippen LogP contribution in [0.3, 0.4) is 0 Å². The van der Waals surface area contributed by atoms with E-state index in [-0.39, 0.29) is 37.3 Å². The van der Waals surface area contributed by atoms with Gasteiger partial charge >= 0.3 is 0 Å². The highest BCUT2D eigenvalue weighted by atomic mass is 16.2. The van der Waals surface area contributed by atoms with Crippen molar-refractivity contribution in [2.45, 2.75) is 77.4 Å². The average Bonchev–Trinajstić information content (AvgIpc) is 2.19. The lowest BCUT2D eigenvalue weighted by Crippen LogP contribution is -2.62. The normalized spacial score (nSPS) is 20.2. The molecule has 0 aromatic rings. The van der Waals surface area contributed by atoms with Gasteiger partial charge in [-0.25, -0.2) is 0 Å². The first kappa shape index (κ1) is 19.9. The monoisotopic (exact) mass is 305 g/mol. The molecule has 21 heavy (non-hydrogen) atoms. The maximum atomic E-state index is 11.9. The lowest BCUT2D eigenvalue weighted by Gasteiger charge is -2.46. The van der Waals surface area contributed by atoms with E-state index in [1.165, 1.54) is 6.92 Å². The number of carbonyl (C=O) groups is 2. The molecule has 0 aromatic carbocycles. The Morgan fingerprint density at radius 2 is 1.71 bits per heavy atom. The van der Waals surface area contributed by atoms with Crippen molar-refractivity contribution in [2.75, 3.05) is 6.54 Å². The van der Waals surface area contributed by atoms with Crippen LogP contribution in [0.15, 0.2) is 0 Å². The minimum atomic E-state index is -0.0488. The molecule has 128 valence electrons. The topological polar surface area (TPSA) is 102 Å². The van der Waals surface area contributed by atoms with Gasteiger partial charge in [-0.1, -0.05) is 0 Å². The van der Waals surface area contributed by atoms with Crippen molar-refractivity contribution in [1.29, 1.82) is 0 Å². The SMILES string of the molecule is CC(=O)NCCCC(=O)NC1CC(C)(C)NC(C)(C)C1.O.[HH].[HH]. The smallest absolute Gasteiger partial charge is 0.220 e. The van der Waals surface area contributed by atoms with E-state index in [0.29, 0.717) is 19.4 Å². The van der Waals surface area contributed by atoms with Gasteiger partial charge in [0.05, 0.1) is 0 Å². The van der Waals surface area contributed by atoms with Crippen molar-refractivity contribution >= 4 is 11.8 Å². The standard InChI is InChI=1S/C15H29N3O2.H2O.2H2/c1-11(19)16-8-6-7-13(20)17-12-9-14(2,3)18-15(4,5)10-12;;;/h12,18H,6-10H2,1-5H3,(H,16,19)(H,17,20);1H2;2*1H. The van der Waals surface area contributed by atoms with Gasteiger partial charge in [-0.05, 0) is 47.0 Å². The van der Waals surface area contributed by atoms with E-state index in [2.05, 4.69) is 43.6 Å². The number of carbonyl (C=O) groups excluding carboxylic acids is 2. The molecule has 6 heteroatoms. The lowest BCUT2D eigenvalue weighted by molar-refractivity contribution is -0.123. The number of piperidine rings is 1. The second-order valence-electron chi connectivity index (χ2n) is 7.15. The van der Waals surface area contributed by atoms with Crippen molar-refractivity contribution in [3.05, 3.63) is 0 Å². The highest BCUT2D eigenvalue weighted by Crippen LogP contribution is 2.28. The number of hydrogen-bond donors (Lipinski definition) is 3. The highest BCUT2D eigenvalue weighted by Gasteiger charge is 2.37. The first-order valence-electron chi connectivity index (χ1n) is 7.43. The summed E-state index contributed by atoms with van der Waals surface area (Å²) in [7, 11) is 0. The molecule has 0 atom stereocenters. The summed E-state index contributed by atoms with van der Waals surface area (Å²) in [5, 5.41) is 9.43. The molecule has 5 N–H and O–H groups in total. The maximum Gasteiger partial charge on any atom is 0.220 e. The third-order valence-electron chi connectivity index (χ3n) is 3.51. The van der Waals surface area contributed by atoms with Gasteiger partial charge in [0.15, 0.2) is 0 Å². The van der Waals surface area contributed by atoms with E-state index in [9.17, 15) is 9.59 Å². The fourth-order valence-electron chi connectivity index (χ4n) is 3.24. The van der Waals surface area contributed by atoms with Crippen LogP contribution in [-0.2, 0) is 9.59 Å². The molecule has 0 aliphatic carbocycles. The summed E-state index contributed by atoms with van der Waals surface area (Å²) in [6, 6.07) is 0.217. The van der Waals surface area contributed by atoms with Crippen LogP contribution >= 0.6 is 0 Å². The molecule has 0 radical (unpaired) electrons. The predicted octanol–water partition coefficient (Wildman–Crippen LogP) is 0.995. The second-order valence-corrected chi connectivity index (χ2v) is 7.15. The van der Waals surface area contributed by atoms with Crippen molar-refractivity contribution in [3.63, 3.8) is 0 Å². The molecule has 0 unspecified atom stereocenters. The Balaban J connectivity index is -0.00000133. The zero-order valence-electron chi connectivity index (χ0n) is 13.9. The number of rotatable bonds is 5. The van der Waals surface area contributed by atoms with Gasteiger partial charge in [-0.3, -0.25) is 9.59 Å². The Bertz CT molecular complexity index is 361. The van der Waals surface area contributed by atoms with E-state index >= 15 is 0 Å². The van der Waals surface area contributed by atoms with Gasteiger partial charge in [0.1, 0.15) is 0 Å². The number of amides is 2. The molecule has 0 saturated carbocycles. The molecule has 2 amide bonds. The zero-order chi connectivity index (χ0) is 15.4. The van der Waals surface area contributed by atoms with E-state index in [4.69, 9.17) is 0 Å². The number of nitrogens with one attached hydrogen (secondary N) is 3. The Morgan fingerprint density at radius 1 is 1.19 bits per heavy atom. The van der Waals surface area contributed by atoms with Crippen molar-refractivity contribution in [2.24, 2.45) is 0 Å². The highest BCUT2D eigenvalue weighted by molar-refractivity contribution is 5.76. The summed E-state index contributed by atoms with van der Waals surface area (Å²) in [6.07, 6.45) is 3.02. The van der Waals surface area contributed by atoms with Crippen molar-refractivity contribution < 1.29 is 17.9 Å². The molecule has 0 spiro atoms. The summed E-state index contributed by atoms with van der Waals surface area (Å²) in [5.74, 6) is 0.0288. The predicted molar refractivity (Wildman–Crippen MR) is 88.2 cm³/mol. The summed E-state index contributed by atoms with van der Waals surface area (Å²) < 4.78 is 0. The largest absolute Gasteiger partial charge is 0.412 e. The first-order valence-corrected chi connectivity index (χ1v) is 7.43. The fourth-order valence-corrected chi connectivity index (χ4v) is 3.24. The molecule has 1 heterocycles. The van der Waals surface area contributed by atoms with E-state index in [1.807, 2.05) is 0 Å². The van der Waals surface area contributed by atoms with Crippen LogP contribution in [-0.4, -0.2) is 41.0 Å². The van der Waals surface area contributed by atoms with E-state index < -0.39 is 0 Å². The average molecular weight is 305 g/mol. The van der Waals surface area contributed by atoms with Crippen molar-refractivity contribution in [1.82, 2.24) is 16.0 Å². The van der Waals surface area contributed by atoms with Crippen molar-refractivity contribution in [3.8, 4) is 0 Å². The second kappa shape index (κ2) is 7.75. The molecule has 1 aliphatic rings. The fraction of sp³-hybridized carbons (Fsp3) is 0.867.